The minimum absolute atomic E-state index is 0.817. The van der Waals surface area contributed by atoms with E-state index in [4.69, 9.17) is 0 Å². The predicted molar refractivity (Wildman–Crippen MR) is 81.5 cm³/mol. The van der Waals surface area contributed by atoms with Crippen LogP contribution in [0, 0.1) is 12.8 Å². The molecule has 19 heavy (non-hydrogen) atoms. The summed E-state index contributed by atoms with van der Waals surface area (Å²) < 4.78 is 0. The topological polar surface area (TPSA) is 3.24 Å². The number of nitrogens with zero attached hydrogens (tertiary/aromatic N) is 1. The molecule has 1 nitrogen and oxygen atoms in total. The highest BCUT2D eigenvalue weighted by Crippen LogP contribution is 2.37. The Labute approximate surface area is 118 Å². The molecule has 0 N–H and O–H groups in total. The highest BCUT2D eigenvalue weighted by Gasteiger charge is 2.30. The maximum Gasteiger partial charge on any atom is 0.00958 e. The second kappa shape index (κ2) is 5.66. The summed E-state index contributed by atoms with van der Waals surface area (Å²) in [7, 11) is 0. The molecule has 0 amide bonds. The number of likely N-dealkylation sites (tertiary alicyclic amines) is 1. The molecule has 0 aromatic heterocycles. The Hall–Kier alpha value is -0.820. The third-order valence-electron chi connectivity index (χ3n) is 5.30. The lowest BCUT2D eigenvalue weighted by Gasteiger charge is -2.35. The van der Waals surface area contributed by atoms with Crippen LogP contribution in [0.1, 0.15) is 56.1 Å². The first-order chi connectivity index (χ1) is 9.24. The molecule has 1 atom stereocenters. The van der Waals surface area contributed by atoms with Crippen molar-refractivity contribution in [2.45, 2.75) is 57.9 Å². The number of hydrogen-bond donors (Lipinski definition) is 0. The number of hydrogen-bond acceptors (Lipinski definition) is 1. The van der Waals surface area contributed by atoms with Gasteiger partial charge in [0.2, 0.25) is 0 Å². The Morgan fingerprint density at radius 1 is 1.00 bits per heavy atom. The van der Waals surface area contributed by atoms with Crippen molar-refractivity contribution in [1.29, 1.82) is 0 Å². The van der Waals surface area contributed by atoms with Crippen LogP contribution in [0.15, 0.2) is 24.3 Å². The fraction of sp³-hybridized carbons (Fsp3) is 0.667. The fourth-order valence-corrected chi connectivity index (χ4v) is 4.10. The monoisotopic (exact) mass is 257 g/mol. The lowest BCUT2D eigenvalue weighted by atomic mass is 9.80. The minimum Gasteiger partial charge on any atom is -0.300 e. The zero-order valence-corrected chi connectivity index (χ0v) is 12.4. The first kappa shape index (κ1) is 13.2. The molecule has 1 heterocycles. The molecule has 1 aromatic rings. The van der Waals surface area contributed by atoms with Gasteiger partial charge >= 0.3 is 0 Å². The summed E-state index contributed by atoms with van der Waals surface area (Å²) in [6, 6.07) is 9.86. The molecule has 1 heteroatoms. The van der Waals surface area contributed by atoms with Gasteiger partial charge in [-0.1, -0.05) is 31.2 Å². The minimum atomic E-state index is 0.817. The van der Waals surface area contributed by atoms with E-state index < -0.39 is 0 Å². The van der Waals surface area contributed by atoms with Gasteiger partial charge in [-0.25, -0.2) is 0 Å². The van der Waals surface area contributed by atoms with Crippen molar-refractivity contribution in [1.82, 2.24) is 4.90 Å². The first-order valence-corrected chi connectivity index (χ1v) is 8.03. The van der Waals surface area contributed by atoms with Crippen LogP contribution in [0.25, 0.3) is 0 Å². The second-order valence-electron chi connectivity index (χ2n) is 6.75. The summed E-state index contributed by atoms with van der Waals surface area (Å²) >= 11 is 0. The van der Waals surface area contributed by atoms with E-state index in [0.29, 0.717) is 0 Å². The van der Waals surface area contributed by atoms with Gasteiger partial charge in [-0.3, -0.25) is 0 Å². The molecule has 1 aliphatic heterocycles. The van der Waals surface area contributed by atoms with Crippen LogP contribution in [0.2, 0.25) is 0 Å². The Balaban J connectivity index is 1.59. The van der Waals surface area contributed by atoms with Crippen LogP contribution in [0.3, 0.4) is 0 Å². The molecule has 2 fully saturated rings. The lowest BCUT2D eigenvalue weighted by molar-refractivity contribution is 0.177. The van der Waals surface area contributed by atoms with Gasteiger partial charge in [-0.2, -0.15) is 0 Å². The van der Waals surface area contributed by atoms with Crippen molar-refractivity contribution in [2.75, 3.05) is 13.1 Å². The molecule has 3 rings (SSSR count). The Morgan fingerprint density at radius 3 is 2.37 bits per heavy atom. The van der Waals surface area contributed by atoms with E-state index in [9.17, 15) is 0 Å². The van der Waals surface area contributed by atoms with Crippen molar-refractivity contribution in [3.8, 4) is 0 Å². The standard InChI is InChI=1S/C18H27N/c1-14-11-12-19(13-14)17-9-7-16(8-10-17)18-6-4-3-5-15(18)2/h3-6,14,16-17H,7-13H2,1-2H3. The summed E-state index contributed by atoms with van der Waals surface area (Å²) in [5.41, 5.74) is 3.09. The van der Waals surface area contributed by atoms with Crippen LogP contribution in [-0.4, -0.2) is 24.0 Å². The Morgan fingerprint density at radius 2 is 1.74 bits per heavy atom. The van der Waals surface area contributed by atoms with Crippen LogP contribution >= 0.6 is 0 Å². The van der Waals surface area contributed by atoms with E-state index >= 15 is 0 Å². The van der Waals surface area contributed by atoms with E-state index in [1.807, 2.05) is 0 Å². The number of rotatable bonds is 2. The third kappa shape index (κ3) is 2.86. The molecular formula is C18H27N. The van der Waals surface area contributed by atoms with Crippen LogP contribution < -0.4 is 0 Å². The van der Waals surface area contributed by atoms with Crippen LogP contribution in [0.5, 0.6) is 0 Å². The smallest absolute Gasteiger partial charge is 0.00958 e. The fourth-order valence-electron chi connectivity index (χ4n) is 4.10. The molecule has 1 saturated carbocycles. The van der Waals surface area contributed by atoms with Gasteiger partial charge in [-0.15, -0.1) is 0 Å². The second-order valence-corrected chi connectivity index (χ2v) is 6.75. The summed E-state index contributed by atoms with van der Waals surface area (Å²) in [6.07, 6.45) is 7.01. The van der Waals surface area contributed by atoms with Crippen LogP contribution in [-0.2, 0) is 0 Å². The Kier molecular flexibility index (Phi) is 3.93. The maximum atomic E-state index is 2.76. The molecule has 0 radical (unpaired) electrons. The van der Waals surface area contributed by atoms with E-state index in [0.717, 1.165) is 17.9 Å². The molecule has 2 aliphatic rings. The first-order valence-electron chi connectivity index (χ1n) is 8.03. The van der Waals surface area contributed by atoms with Gasteiger partial charge in [0.05, 0.1) is 0 Å². The summed E-state index contributed by atoms with van der Waals surface area (Å²) in [5.74, 6) is 1.74. The summed E-state index contributed by atoms with van der Waals surface area (Å²) in [5, 5.41) is 0. The summed E-state index contributed by atoms with van der Waals surface area (Å²) in [4.78, 5) is 2.76. The normalized spacial score (nSPS) is 32.6. The zero-order chi connectivity index (χ0) is 13.2. The van der Waals surface area contributed by atoms with Crippen molar-refractivity contribution >= 4 is 0 Å². The molecule has 0 spiro atoms. The summed E-state index contributed by atoms with van der Waals surface area (Å²) in [6.45, 7) is 7.36. The SMILES string of the molecule is Cc1ccccc1C1CCC(N2CCC(C)C2)CC1. The predicted octanol–water partition coefficient (Wildman–Crippen LogP) is 4.36. The van der Waals surface area contributed by atoms with Crippen LogP contribution in [0.4, 0.5) is 0 Å². The van der Waals surface area contributed by atoms with Gasteiger partial charge < -0.3 is 4.90 Å². The highest BCUT2D eigenvalue weighted by atomic mass is 15.2. The number of benzene rings is 1. The van der Waals surface area contributed by atoms with Gasteiger partial charge in [0.15, 0.2) is 0 Å². The highest BCUT2D eigenvalue weighted by molar-refractivity contribution is 5.29. The molecule has 0 bridgehead atoms. The van der Waals surface area contributed by atoms with Gasteiger partial charge in [0, 0.05) is 12.6 Å². The molecule has 1 aliphatic carbocycles. The van der Waals surface area contributed by atoms with E-state index in [-0.39, 0.29) is 0 Å². The quantitative estimate of drug-likeness (QED) is 0.760. The van der Waals surface area contributed by atoms with Gasteiger partial charge in [0.25, 0.3) is 0 Å². The van der Waals surface area contributed by atoms with Gasteiger partial charge in [-0.05, 0) is 68.5 Å². The van der Waals surface area contributed by atoms with E-state index in [2.05, 4.69) is 43.0 Å². The average molecular weight is 257 g/mol. The maximum absolute atomic E-state index is 2.76. The molecule has 104 valence electrons. The molecule has 1 saturated heterocycles. The average Bonchev–Trinajstić information content (AvgIpc) is 2.86. The van der Waals surface area contributed by atoms with Crippen molar-refractivity contribution in [3.63, 3.8) is 0 Å². The van der Waals surface area contributed by atoms with Gasteiger partial charge in [0.1, 0.15) is 0 Å². The lowest BCUT2D eigenvalue weighted by Crippen LogP contribution is -2.36. The van der Waals surface area contributed by atoms with Crippen molar-refractivity contribution in [2.24, 2.45) is 5.92 Å². The largest absolute Gasteiger partial charge is 0.300 e. The van der Waals surface area contributed by atoms with E-state index in [1.165, 1.54) is 50.8 Å². The number of aryl methyl sites for hydroxylation is 1. The van der Waals surface area contributed by atoms with Crippen molar-refractivity contribution in [3.05, 3.63) is 35.4 Å². The van der Waals surface area contributed by atoms with E-state index in [1.54, 1.807) is 5.56 Å². The third-order valence-corrected chi connectivity index (χ3v) is 5.30. The molecule has 1 unspecified atom stereocenters. The van der Waals surface area contributed by atoms with Crippen molar-refractivity contribution < 1.29 is 0 Å². The zero-order valence-electron chi connectivity index (χ0n) is 12.4. The Bertz CT molecular complexity index is 417. The molecular weight excluding hydrogens is 230 g/mol. The molecule has 1 aromatic carbocycles.